The minimum Gasteiger partial charge on any atom is -0.345 e. The van der Waals surface area contributed by atoms with Crippen molar-refractivity contribution in [2.75, 3.05) is 18.4 Å². The second-order valence-corrected chi connectivity index (χ2v) is 4.31. The van der Waals surface area contributed by atoms with E-state index in [1.165, 1.54) is 0 Å². The van der Waals surface area contributed by atoms with Crippen molar-refractivity contribution >= 4 is 11.6 Å². The summed E-state index contributed by atoms with van der Waals surface area (Å²) >= 11 is 0. The van der Waals surface area contributed by atoms with Crippen molar-refractivity contribution in [1.29, 1.82) is 0 Å². The van der Waals surface area contributed by atoms with Crippen molar-refractivity contribution in [2.24, 2.45) is 0 Å². The van der Waals surface area contributed by atoms with Gasteiger partial charge in [-0.1, -0.05) is 12.1 Å². The van der Waals surface area contributed by atoms with Crippen LogP contribution >= 0.6 is 0 Å². The van der Waals surface area contributed by atoms with Crippen LogP contribution in [-0.4, -0.2) is 35.1 Å². The number of H-pyrrole nitrogens is 1. The molecule has 0 atom stereocenters. The molecule has 0 bridgehead atoms. The summed E-state index contributed by atoms with van der Waals surface area (Å²) in [6.45, 7) is -1.60. The van der Waals surface area contributed by atoms with Crippen LogP contribution in [0.4, 0.5) is 18.9 Å². The van der Waals surface area contributed by atoms with Crippen molar-refractivity contribution in [1.82, 2.24) is 15.3 Å². The highest BCUT2D eigenvalue weighted by atomic mass is 19.4. The Hall–Kier alpha value is -2.35. The first-order valence-corrected chi connectivity index (χ1v) is 6.10. The van der Waals surface area contributed by atoms with Gasteiger partial charge in [0.25, 0.3) is 0 Å². The number of hydrogen-bond acceptors (Lipinski definition) is 3. The minimum absolute atomic E-state index is 0.401. The summed E-state index contributed by atoms with van der Waals surface area (Å²) in [5.74, 6) is -0.534. The third-order valence-corrected chi connectivity index (χ3v) is 2.59. The summed E-state index contributed by atoms with van der Waals surface area (Å²) in [4.78, 5) is 18.3. The fourth-order valence-corrected chi connectivity index (χ4v) is 1.67. The van der Waals surface area contributed by atoms with Gasteiger partial charge in [0.15, 0.2) is 0 Å². The minimum atomic E-state index is -4.33. The van der Waals surface area contributed by atoms with Crippen LogP contribution in [0, 0.1) is 0 Å². The van der Waals surface area contributed by atoms with Crippen LogP contribution in [0.3, 0.4) is 0 Å². The average Bonchev–Trinajstić information content (AvgIpc) is 2.92. The van der Waals surface area contributed by atoms with Gasteiger partial charge in [0, 0.05) is 5.69 Å². The lowest BCUT2D eigenvalue weighted by Gasteiger charge is -2.09. The largest absolute Gasteiger partial charge is 0.401 e. The highest BCUT2D eigenvalue weighted by Gasteiger charge is 2.26. The molecule has 0 saturated heterocycles. The number of halogens is 3. The average molecular weight is 298 g/mol. The lowest BCUT2D eigenvalue weighted by Crippen LogP contribution is -2.35. The van der Waals surface area contributed by atoms with E-state index in [4.69, 9.17) is 0 Å². The van der Waals surface area contributed by atoms with Crippen LogP contribution in [-0.2, 0) is 4.79 Å². The lowest BCUT2D eigenvalue weighted by atomic mass is 10.1. The molecule has 0 aliphatic carbocycles. The van der Waals surface area contributed by atoms with Gasteiger partial charge in [-0.3, -0.25) is 4.79 Å². The van der Waals surface area contributed by atoms with E-state index in [0.717, 1.165) is 11.3 Å². The molecule has 0 spiro atoms. The normalized spacial score (nSPS) is 11.4. The highest BCUT2D eigenvalue weighted by molar-refractivity contribution is 5.92. The van der Waals surface area contributed by atoms with E-state index < -0.39 is 25.2 Å². The number of amides is 1. The molecule has 0 radical (unpaired) electrons. The van der Waals surface area contributed by atoms with Crippen LogP contribution in [0.15, 0.2) is 36.8 Å². The van der Waals surface area contributed by atoms with Gasteiger partial charge < -0.3 is 15.6 Å². The highest BCUT2D eigenvalue weighted by Crippen LogP contribution is 2.18. The van der Waals surface area contributed by atoms with Gasteiger partial charge in [-0.25, -0.2) is 4.98 Å². The first-order chi connectivity index (χ1) is 9.94. The van der Waals surface area contributed by atoms with Crippen molar-refractivity contribution in [3.8, 4) is 11.3 Å². The molecule has 0 fully saturated rings. The molecule has 112 valence electrons. The van der Waals surface area contributed by atoms with E-state index in [1.807, 2.05) is 5.32 Å². The summed E-state index contributed by atoms with van der Waals surface area (Å²) < 4.78 is 35.7. The van der Waals surface area contributed by atoms with Crippen molar-refractivity contribution in [3.05, 3.63) is 36.8 Å². The molecule has 8 heteroatoms. The van der Waals surface area contributed by atoms with Gasteiger partial charge in [-0.05, 0) is 17.7 Å². The Morgan fingerprint density at radius 3 is 2.52 bits per heavy atom. The maximum absolute atomic E-state index is 11.9. The second kappa shape index (κ2) is 6.40. The molecule has 0 saturated carbocycles. The van der Waals surface area contributed by atoms with Crippen LogP contribution in [0.2, 0.25) is 0 Å². The number of benzene rings is 1. The van der Waals surface area contributed by atoms with E-state index in [9.17, 15) is 18.0 Å². The SMILES string of the molecule is O=C(CNCC(F)(F)F)Nc1ccc(-c2cnc[nH]2)cc1. The second-order valence-electron chi connectivity index (χ2n) is 4.31. The standard InChI is InChI=1S/C13H13F3N4O/c14-13(15,16)7-17-6-12(21)20-10-3-1-9(2-4-10)11-5-18-8-19-11/h1-5,8,17H,6-7H2,(H,18,19)(H,20,21). The predicted molar refractivity (Wildman–Crippen MR) is 71.6 cm³/mol. The number of rotatable bonds is 5. The van der Waals surface area contributed by atoms with Crippen molar-refractivity contribution in [2.45, 2.75) is 6.18 Å². The molecule has 2 aromatic rings. The first-order valence-electron chi connectivity index (χ1n) is 6.10. The number of aromatic amines is 1. The third kappa shape index (κ3) is 4.92. The monoisotopic (exact) mass is 298 g/mol. The van der Waals surface area contributed by atoms with E-state index in [-0.39, 0.29) is 0 Å². The van der Waals surface area contributed by atoms with Gasteiger partial charge >= 0.3 is 6.18 Å². The number of nitrogens with one attached hydrogen (secondary N) is 3. The van der Waals surface area contributed by atoms with Crippen LogP contribution in [0.25, 0.3) is 11.3 Å². The van der Waals surface area contributed by atoms with Gasteiger partial charge in [-0.15, -0.1) is 0 Å². The molecular weight excluding hydrogens is 285 g/mol. The quantitative estimate of drug-likeness (QED) is 0.792. The Labute approximate surface area is 118 Å². The molecule has 1 aromatic heterocycles. The maximum Gasteiger partial charge on any atom is 0.401 e. The molecule has 1 heterocycles. The first kappa shape index (κ1) is 15.0. The number of carbonyl (C=O) groups excluding carboxylic acids is 1. The smallest absolute Gasteiger partial charge is 0.345 e. The number of anilines is 1. The van der Waals surface area contributed by atoms with E-state index >= 15 is 0 Å². The zero-order valence-electron chi connectivity index (χ0n) is 10.9. The molecule has 1 amide bonds. The van der Waals surface area contributed by atoms with Crippen LogP contribution < -0.4 is 10.6 Å². The number of aromatic nitrogens is 2. The Bertz CT molecular complexity index is 578. The Kier molecular flexibility index (Phi) is 4.59. The summed E-state index contributed by atoms with van der Waals surface area (Å²) in [6, 6.07) is 6.87. The molecule has 0 aliphatic rings. The van der Waals surface area contributed by atoms with Crippen molar-refractivity contribution in [3.63, 3.8) is 0 Å². The van der Waals surface area contributed by atoms with Gasteiger partial charge in [-0.2, -0.15) is 13.2 Å². The zero-order valence-corrected chi connectivity index (χ0v) is 10.9. The molecule has 3 N–H and O–H groups in total. The topological polar surface area (TPSA) is 69.8 Å². The van der Waals surface area contributed by atoms with E-state index in [1.54, 1.807) is 36.8 Å². The lowest BCUT2D eigenvalue weighted by molar-refractivity contribution is -0.126. The third-order valence-electron chi connectivity index (χ3n) is 2.59. The number of imidazole rings is 1. The summed E-state index contributed by atoms with van der Waals surface area (Å²) in [5, 5.41) is 4.53. The number of carbonyl (C=O) groups is 1. The fraction of sp³-hybridized carbons (Fsp3) is 0.231. The molecule has 2 rings (SSSR count). The molecule has 0 unspecified atom stereocenters. The predicted octanol–water partition coefficient (Wildman–Crippen LogP) is 2.17. The van der Waals surface area contributed by atoms with E-state index in [2.05, 4.69) is 15.3 Å². The number of alkyl halides is 3. The summed E-state index contributed by atoms with van der Waals surface area (Å²) in [7, 11) is 0. The number of nitrogens with zero attached hydrogens (tertiary/aromatic N) is 1. The number of hydrogen-bond donors (Lipinski definition) is 3. The van der Waals surface area contributed by atoms with Crippen LogP contribution in [0.1, 0.15) is 0 Å². The molecule has 0 aliphatic heterocycles. The molecule has 5 nitrogen and oxygen atoms in total. The van der Waals surface area contributed by atoms with Gasteiger partial charge in [0.1, 0.15) is 0 Å². The molecular formula is C13H13F3N4O. The van der Waals surface area contributed by atoms with Crippen molar-refractivity contribution < 1.29 is 18.0 Å². The Morgan fingerprint density at radius 2 is 1.95 bits per heavy atom. The summed E-state index contributed by atoms with van der Waals surface area (Å²) in [6.07, 6.45) is -1.11. The fourth-order valence-electron chi connectivity index (χ4n) is 1.67. The maximum atomic E-state index is 11.9. The zero-order chi connectivity index (χ0) is 15.3. The van der Waals surface area contributed by atoms with Crippen LogP contribution in [0.5, 0.6) is 0 Å². The Balaban J connectivity index is 1.84. The van der Waals surface area contributed by atoms with E-state index in [0.29, 0.717) is 5.69 Å². The van der Waals surface area contributed by atoms with Gasteiger partial charge in [0.2, 0.25) is 5.91 Å². The molecule has 21 heavy (non-hydrogen) atoms. The summed E-state index contributed by atoms with van der Waals surface area (Å²) in [5.41, 5.74) is 2.23. The van der Waals surface area contributed by atoms with Gasteiger partial charge in [0.05, 0.1) is 31.3 Å². The Morgan fingerprint density at radius 1 is 1.24 bits per heavy atom. The molecule has 1 aromatic carbocycles.